The molecule has 2 saturated heterocycles. The fourth-order valence-corrected chi connectivity index (χ4v) is 17.0. The second kappa shape index (κ2) is 47.5. The van der Waals surface area contributed by atoms with Crippen LogP contribution < -0.4 is 25.6 Å². The summed E-state index contributed by atoms with van der Waals surface area (Å²) in [7, 11) is 9.29. The summed E-state index contributed by atoms with van der Waals surface area (Å²) in [5.74, 6) is -8.67. The number of hydrazine groups is 1. The van der Waals surface area contributed by atoms with Crippen LogP contribution >= 0.6 is 46.5 Å². The maximum atomic E-state index is 15.0. The molecule has 0 spiro atoms. The Morgan fingerprint density at radius 2 is 1.50 bits per heavy atom. The summed E-state index contributed by atoms with van der Waals surface area (Å²) < 4.78 is 35.7. The number of alkyl carbamates (subject to hydrolysis) is 1. The van der Waals surface area contributed by atoms with Crippen LogP contribution in [0.15, 0.2) is 88.5 Å². The van der Waals surface area contributed by atoms with Crippen LogP contribution in [0, 0.1) is 30.6 Å². The van der Waals surface area contributed by atoms with Gasteiger partial charge in [-0.2, -0.15) is 0 Å². The zero-order valence-electron chi connectivity index (χ0n) is 71.7. The number of benzene rings is 2. The Bertz CT molecular complexity index is 4270. The van der Waals surface area contributed by atoms with Crippen LogP contribution in [0.5, 0.6) is 5.75 Å². The lowest BCUT2D eigenvalue weighted by atomic mass is 9.83. The second-order valence-electron chi connectivity index (χ2n) is 32.5. The number of likely N-dealkylation sites (N-methyl/N-ethyl adjacent to an activating group) is 3. The highest BCUT2D eigenvalue weighted by Crippen LogP contribution is 2.50. The number of thiazole rings is 1. The zero-order chi connectivity index (χ0) is 88.3. The molecule has 2 fully saturated rings. The van der Waals surface area contributed by atoms with E-state index in [1.54, 1.807) is 104 Å². The van der Waals surface area contributed by atoms with Crippen LogP contribution in [0.4, 0.5) is 10.5 Å². The molecule has 5 N–H and O–H groups in total. The number of carbonyl (C=O) groups is 12. The summed E-state index contributed by atoms with van der Waals surface area (Å²) in [6.07, 6.45) is 2.34. The number of esters is 2. The van der Waals surface area contributed by atoms with Crippen molar-refractivity contribution in [1.82, 2.24) is 45.7 Å². The molecule has 0 radical (unpaired) electrons. The summed E-state index contributed by atoms with van der Waals surface area (Å²) in [5.41, 5.74) is -0.704. The van der Waals surface area contributed by atoms with Crippen molar-refractivity contribution >= 4 is 123 Å². The molecule has 14 atom stereocenters. The number of ether oxygens (including phenoxy) is 6. The first-order valence-corrected chi connectivity index (χ1v) is 43.4. The predicted molar refractivity (Wildman–Crippen MR) is 475 cm³/mol. The standard InChI is InChI=1S/C85H119ClN10O20S3.3CH4/c1-20-52(6)74(78(104)94(17)63(49(2)3)42-66(113-56(10)97)77-88-62(47-119-77)76(103)87-59(38-53(7)79(105)106)39-57-28-26-50(4)27-29-57)89-81(108)83(11,12)92(15)34-30-61(99)46-96-71(101)32-36-118-48-117-35-31-70(100)95(96)45-60(98)24-22-33-91(14)55(9)80(107)115-69-43-72(102)93(16)64-40-58(41-65(111-18)73(64)86)37-51(5)23-21-25-68(112-19)85(110)44-67(114-82(109)90-85)54(8)75-84(69,13)116-75;;;/h21,23,25-29,31-32,35-36,40-41,47,49,52-55,59,63,66-69,74-75,110H,20,22,24,30,33-34,37-39,42-46,48H2,1-19H3,(H,87,103)(H,89,108)(H,90,109)(H,105,106);3*1H4/b25-21+,35-31+,36-32+,51-23+;;;/t52-,53?,54+,55-,59+,63+,66+,67?,68+,69-,74-,75+,84-,85-;;;/m0.../s1. The van der Waals surface area contributed by atoms with Gasteiger partial charge in [-0.1, -0.05) is 135 Å². The van der Waals surface area contributed by atoms with Gasteiger partial charge in [-0.15, -0.1) is 34.9 Å². The van der Waals surface area contributed by atoms with Crippen molar-refractivity contribution < 1.29 is 96.2 Å². The number of anilines is 1. The number of fused-ring (bicyclic) bond motifs is 5. The van der Waals surface area contributed by atoms with Gasteiger partial charge < -0.3 is 59.1 Å². The summed E-state index contributed by atoms with van der Waals surface area (Å²) in [6, 6.07) is 8.03. The number of epoxide rings is 1. The Morgan fingerprint density at radius 3 is 2.08 bits per heavy atom. The molecule has 4 aliphatic heterocycles. The van der Waals surface area contributed by atoms with Crippen molar-refractivity contribution in [2.45, 2.75) is 248 Å². The average molecular weight is 1780 g/mol. The first kappa shape index (κ1) is 106. The van der Waals surface area contributed by atoms with Crippen LogP contribution in [-0.2, 0) is 84.5 Å². The molecule has 678 valence electrons. The van der Waals surface area contributed by atoms with Gasteiger partial charge in [0.2, 0.25) is 17.7 Å². The maximum Gasteiger partial charge on any atom is 0.409 e. The van der Waals surface area contributed by atoms with Crippen molar-refractivity contribution in [2.24, 2.45) is 23.7 Å². The number of carbonyl (C=O) groups excluding carboxylic acids is 11. The maximum absolute atomic E-state index is 15.0. The van der Waals surface area contributed by atoms with Crippen LogP contribution in [0.3, 0.4) is 0 Å². The number of rotatable bonds is 35. The molecular weight excluding hydrogens is 1650 g/mol. The van der Waals surface area contributed by atoms with Gasteiger partial charge in [0.25, 0.3) is 17.7 Å². The van der Waals surface area contributed by atoms with E-state index < -0.39 is 180 Å². The van der Waals surface area contributed by atoms with E-state index in [1.807, 2.05) is 71.9 Å². The molecule has 34 heteroatoms. The Balaban J connectivity index is 0.0000104. The molecule has 7 amide bonds. The summed E-state index contributed by atoms with van der Waals surface area (Å²) >= 11 is 10.6. The highest BCUT2D eigenvalue weighted by Gasteiger charge is 2.65. The molecule has 2 unspecified atom stereocenters. The third kappa shape index (κ3) is 28.5. The monoisotopic (exact) mass is 1780 g/mol. The first-order valence-electron chi connectivity index (χ1n) is 40.0. The number of methoxy groups -OCH3 is 2. The number of aryl methyl sites for hydroxylation is 1. The molecule has 0 aliphatic carbocycles. The number of halogens is 1. The molecular formula is C88H131ClN10O20S3. The number of nitrogens with one attached hydrogen (secondary N) is 3. The van der Waals surface area contributed by atoms with E-state index in [0.717, 1.165) is 43.6 Å². The topological polar surface area (TPSA) is 372 Å². The predicted octanol–water partition coefficient (Wildman–Crippen LogP) is 11.9. The Hall–Kier alpha value is -8.54. The number of nitrogens with zero attached hydrogens (tertiary/aromatic N) is 7. The number of aliphatic carboxylic acids is 1. The minimum atomic E-state index is -1.92. The molecule has 0 saturated carbocycles. The quantitative estimate of drug-likeness (QED) is 0.0207. The number of thioether (sulfide) groups is 2. The van der Waals surface area contributed by atoms with Crippen molar-refractivity contribution in [3.8, 4) is 5.75 Å². The molecule has 2 aromatic carbocycles. The van der Waals surface area contributed by atoms with E-state index in [9.17, 15) is 67.7 Å². The number of aromatic nitrogens is 1. The lowest BCUT2D eigenvalue weighted by Crippen LogP contribution is -2.63. The number of amides is 7. The Kier molecular flexibility index (Phi) is 41.2. The lowest BCUT2D eigenvalue weighted by Gasteiger charge is -2.42. The van der Waals surface area contributed by atoms with E-state index in [4.69, 9.17) is 40.0 Å². The van der Waals surface area contributed by atoms with Gasteiger partial charge in [0.15, 0.2) is 23.4 Å². The normalized spacial score (nSPS) is 23.2. The van der Waals surface area contributed by atoms with E-state index in [1.165, 1.54) is 82.8 Å². The van der Waals surface area contributed by atoms with Crippen molar-refractivity contribution in [2.75, 3.05) is 78.6 Å². The summed E-state index contributed by atoms with van der Waals surface area (Å²) in [6.45, 7) is 21.3. The van der Waals surface area contributed by atoms with Crippen molar-refractivity contribution in [1.29, 1.82) is 0 Å². The van der Waals surface area contributed by atoms with Crippen LogP contribution in [-0.4, -0.2) is 250 Å². The molecule has 3 aromatic rings. The van der Waals surface area contributed by atoms with E-state index >= 15 is 0 Å². The number of carboxylic acids is 1. The average Bonchev–Trinajstić information content (AvgIpc) is 1.57. The van der Waals surface area contributed by atoms with Crippen LogP contribution in [0.25, 0.3) is 0 Å². The van der Waals surface area contributed by atoms with Crippen LogP contribution in [0.2, 0.25) is 5.02 Å². The SMILES string of the molecule is C.C.C.CC[C@H](C)[C@H](NC(=O)C(C)(C)N(C)CCC(=O)CN1C(=O)/C=C/SCS/C=C/C(=O)N1CC(=O)CCCN(C)[C@@H](C)C(=O)O[C@H]1CC(=O)N(C)c2cc(cc(OC)c2Cl)C/C(C)=C/C=C/[C@@H](OC)[C@@]2(O)CC(OC(=O)N2)[C@@H](C)[C@H]2O[C@@]12C)C(=O)N(C)[C@H](C[C@@H](OC(C)=O)c1nc(C(=O)N[C@@H](Cc2ccc(C)cc2)CC(C)C(=O)O)cs1)C(C)C. The smallest absolute Gasteiger partial charge is 0.409 e. The molecule has 7 rings (SSSR count). The van der Waals surface area contributed by atoms with Gasteiger partial charge in [0.1, 0.15) is 70.6 Å². The minimum absolute atomic E-state index is 0. The van der Waals surface area contributed by atoms with E-state index in [0.29, 0.717) is 40.8 Å². The van der Waals surface area contributed by atoms with E-state index in [2.05, 4.69) is 20.9 Å². The highest BCUT2D eigenvalue weighted by atomic mass is 35.5. The van der Waals surface area contributed by atoms with Gasteiger partial charge in [-0.05, 0) is 134 Å². The summed E-state index contributed by atoms with van der Waals surface area (Å²) in [4.78, 5) is 178. The van der Waals surface area contributed by atoms with E-state index in [-0.39, 0.29) is 90.5 Å². The summed E-state index contributed by atoms with van der Waals surface area (Å²) in [5, 5.41) is 37.6. The molecule has 1 aromatic heterocycles. The number of carboxylic acid groups (broad SMARTS) is 1. The highest BCUT2D eigenvalue weighted by molar-refractivity contribution is 8.18. The van der Waals surface area contributed by atoms with Gasteiger partial charge in [-0.25, -0.2) is 19.8 Å². The first-order chi connectivity index (χ1) is 56.0. The minimum Gasteiger partial charge on any atom is -0.495 e. The molecule has 4 bridgehead atoms. The second-order valence-corrected chi connectivity index (χ2v) is 35.9. The number of hydrogen-bond donors (Lipinski definition) is 5. The molecule has 4 aliphatic rings. The Labute approximate surface area is 737 Å². The van der Waals surface area contributed by atoms with Gasteiger partial charge in [0.05, 0.1) is 36.8 Å². The van der Waals surface area contributed by atoms with Gasteiger partial charge in [-0.3, -0.25) is 67.9 Å². The van der Waals surface area contributed by atoms with Crippen molar-refractivity contribution in [3.63, 3.8) is 0 Å². The third-order valence-electron chi connectivity index (χ3n) is 22.8. The number of Topliss-reactive ketones (excluding diaryl/α,β-unsaturated/α-hetero) is 2. The lowest BCUT2D eigenvalue weighted by molar-refractivity contribution is -0.161. The van der Waals surface area contributed by atoms with Gasteiger partial charge in [0, 0.05) is 101 Å². The molecule has 122 heavy (non-hydrogen) atoms. The van der Waals surface area contributed by atoms with Crippen LogP contribution in [0.1, 0.15) is 195 Å². The largest absolute Gasteiger partial charge is 0.495 e. The number of hydrogen-bond acceptors (Lipinski definition) is 25. The number of ketones is 2. The van der Waals surface area contributed by atoms with Gasteiger partial charge >= 0.3 is 24.0 Å². The Morgan fingerprint density at radius 1 is 0.877 bits per heavy atom. The molecule has 30 nitrogen and oxygen atoms in total. The van der Waals surface area contributed by atoms with Crippen molar-refractivity contribution in [3.05, 3.63) is 121 Å². The third-order valence-corrected chi connectivity index (χ3v) is 25.9. The zero-order valence-corrected chi connectivity index (χ0v) is 74.9. The number of aliphatic hydroxyl groups is 1. The molecule has 5 heterocycles. The fourth-order valence-electron chi connectivity index (χ4n) is 14.5. The number of allylic oxidation sites excluding steroid dienone is 3. The fraction of sp³-hybridized carbons (Fsp3) is 0.602.